The molecule has 124 valence electrons. The fourth-order valence-corrected chi connectivity index (χ4v) is 3.36. The van der Waals surface area contributed by atoms with Crippen molar-refractivity contribution in [1.29, 1.82) is 0 Å². The summed E-state index contributed by atoms with van der Waals surface area (Å²) < 4.78 is 7.75. The zero-order valence-electron chi connectivity index (χ0n) is 13.2. The van der Waals surface area contributed by atoms with Gasteiger partial charge in [-0.2, -0.15) is 0 Å². The van der Waals surface area contributed by atoms with Crippen LogP contribution in [-0.2, 0) is 7.05 Å². The highest BCUT2D eigenvalue weighted by atomic mass is 35.5. The average molecular weight is 362 g/mol. The van der Waals surface area contributed by atoms with Gasteiger partial charge in [0, 0.05) is 19.4 Å². The SMILES string of the molecule is COc1cccc(C(NC(=O)c2ccc(Cl)s2)c2nccn2C)c1. The number of ether oxygens (including phenoxy) is 1. The van der Waals surface area contributed by atoms with Crippen LogP contribution in [0.1, 0.15) is 27.1 Å². The molecule has 1 atom stereocenters. The number of carbonyl (C=O) groups excluding carboxylic acids is 1. The molecule has 5 nitrogen and oxygen atoms in total. The molecule has 1 aromatic carbocycles. The first-order chi connectivity index (χ1) is 11.6. The van der Waals surface area contributed by atoms with Gasteiger partial charge in [0.1, 0.15) is 17.6 Å². The molecule has 3 rings (SSSR count). The van der Waals surface area contributed by atoms with Gasteiger partial charge >= 0.3 is 0 Å². The third-order valence-corrected chi connectivity index (χ3v) is 4.85. The maximum Gasteiger partial charge on any atom is 0.262 e. The molecule has 0 spiro atoms. The first kappa shape index (κ1) is 16.5. The summed E-state index contributed by atoms with van der Waals surface area (Å²) in [5.74, 6) is 1.27. The van der Waals surface area contributed by atoms with Crippen LogP contribution in [0.4, 0.5) is 0 Å². The fraction of sp³-hybridized carbons (Fsp3) is 0.176. The molecule has 0 aliphatic carbocycles. The molecule has 0 saturated carbocycles. The number of hydrogen-bond acceptors (Lipinski definition) is 4. The van der Waals surface area contributed by atoms with Crippen molar-refractivity contribution in [3.8, 4) is 5.75 Å². The summed E-state index contributed by atoms with van der Waals surface area (Å²) in [4.78, 5) is 17.5. The summed E-state index contributed by atoms with van der Waals surface area (Å²) in [6, 6.07) is 10.6. The lowest BCUT2D eigenvalue weighted by Crippen LogP contribution is -2.30. The molecule has 0 bridgehead atoms. The van der Waals surface area contributed by atoms with Gasteiger partial charge < -0.3 is 14.6 Å². The molecule has 2 aromatic heterocycles. The lowest BCUT2D eigenvalue weighted by atomic mass is 10.1. The van der Waals surface area contributed by atoms with Gasteiger partial charge in [0.15, 0.2) is 0 Å². The van der Waals surface area contributed by atoms with Crippen molar-refractivity contribution < 1.29 is 9.53 Å². The first-order valence-electron chi connectivity index (χ1n) is 7.26. The van der Waals surface area contributed by atoms with Crippen LogP contribution in [0.5, 0.6) is 5.75 Å². The second-order valence-electron chi connectivity index (χ2n) is 5.18. The van der Waals surface area contributed by atoms with E-state index in [1.165, 1.54) is 11.3 Å². The monoisotopic (exact) mass is 361 g/mol. The number of amides is 1. The Labute approximate surface area is 148 Å². The lowest BCUT2D eigenvalue weighted by molar-refractivity contribution is 0.0945. The Morgan fingerprint density at radius 2 is 2.21 bits per heavy atom. The molecular weight excluding hydrogens is 346 g/mol. The van der Waals surface area contributed by atoms with Crippen LogP contribution >= 0.6 is 22.9 Å². The molecule has 0 radical (unpaired) electrons. The lowest BCUT2D eigenvalue weighted by Gasteiger charge is -2.19. The summed E-state index contributed by atoms with van der Waals surface area (Å²) in [5.41, 5.74) is 0.889. The van der Waals surface area contributed by atoms with Crippen LogP contribution in [0.15, 0.2) is 48.8 Å². The Morgan fingerprint density at radius 1 is 1.38 bits per heavy atom. The second kappa shape index (κ2) is 7.07. The van der Waals surface area contributed by atoms with Crippen molar-refractivity contribution in [2.24, 2.45) is 7.05 Å². The predicted octanol–water partition coefficient (Wildman–Crippen LogP) is 3.66. The minimum atomic E-state index is -0.395. The number of carbonyl (C=O) groups is 1. The van der Waals surface area contributed by atoms with Crippen molar-refractivity contribution in [3.05, 3.63) is 69.4 Å². The number of nitrogens with zero attached hydrogens (tertiary/aromatic N) is 2. The molecule has 1 amide bonds. The number of methoxy groups -OCH3 is 1. The summed E-state index contributed by atoms with van der Waals surface area (Å²) in [5, 5.41) is 3.03. The zero-order chi connectivity index (χ0) is 17.1. The number of rotatable bonds is 5. The van der Waals surface area contributed by atoms with Gasteiger partial charge in [-0.3, -0.25) is 4.79 Å². The molecule has 3 aromatic rings. The molecule has 0 aliphatic rings. The van der Waals surface area contributed by atoms with E-state index in [0.717, 1.165) is 17.1 Å². The molecule has 1 N–H and O–H groups in total. The Hall–Kier alpha value is -2.31. The van der Waals surface area contributed by atoms with E-state index in [9.17, 15) is 4.79 Å². The van der Waals surface area contributed by atoms with Gasteiger partial charge in [-0.25, -0.2) is 4.98 Å². The van der Waals surface area contributed by atoms with Crippen molar-refractivity contribution in [2.75, 3.05) is 7.11 Å². The van der Waals surface area contributed by atoms with Crippen LogP contribution in [-0.4, -0.2) is 22.6 Å². The van der Waals surface area contributed by atoms with Gasteiger partial charge in [-0.05, 0) is 29.8 Å². The van der Waals surface area contributed by atoms with Crippen molar-refractivity contribution in [1.82, 2.24) is 14.9 Å². The third kappa shape index (κ3) is 3.44. The number of nitrogens with one attached hydrogen (secondary N) is 1. The molecule has 24 heavy (non-hydrogen) atoms. The van der Waals surface area contributed by atoms with E-state index in [1.54, 1.807) is 25.4 Å². The normalized spacial score (nSPS) is 12.0. The molecule has 0 saturated heterocycles. The molecule has 1 unspecified atom stereocenters. The molecular formula is C17H16ClN3O2S. The quantitative estimate of drug-likeness (QED) is 0.754. The highest BCUT2D eigenvalue weighted by molar-refractivity contribution is 7.18. The number of imidazole rings is 1. The largest absolute Gasteiger partial charge is 0.497 e. The van der Waals surface area contributed by atoms with Gasteiger partial charge in [0.2, 0.25) is 0 Å². The molecule has 0 fully saturated rings. The van der Waals surface area contributed by atoms with Crippen LogP contribution in [0.2, 0.25) is 4.34 Å². The maximum absolute atomic E-state index is 12.6. The summed E-state index contributed by atoms with van der Waals surface area (Å²) in [6.07, 6.45) is 3.55. The highest BCUT2D eigenvalue weighted by Crippen LogP contribution is 2.26. The van der Waals surface area contributed by atoms with Gasteiger partial charge in [-0.1, -0.05) is 23.7 Å². The number of aryl methyl sites for hydroxylation is 1. The van der Waals surface area contributed by atoms with Crippen molar-refractivity contribution in [3.63, 3.8) is 0 Å². The zero-order valence-corrected chi connectivity index (χ0v) is 14.8. The minimum Gasteiger partial charge on any atom is -0.497 e. The average Bonchev–Trinajstić information content (AvgIpc) is 3.21. The highest BCUT2D eigenvalue weighted by Gasteiger charge is 2.22. The minimum absolute atomic E-state index is 0.192. The van der Waals surface area contributed by atoms with E-state index in [4.69, 9.17) is 16.3 Å². The summed E-state index contributed by atoms with van der Waals surface area (Å²) >= 11 is 7.17. The summed E-state index contributed by atoms with van der Waals surface area (Å²) in [7, 11) is 3.50. The Morgan fingerprint density at radius 3 is 2.83 bits per heavy atom. The predicted molar refractivity (Wildman–Crippen MR) is 94.8 cm³/mol. The number of hydrogen-bond donors (Lipinski definition) is 1. The summed E-state index contributed by atoms with van der Waals surface area (Å²) in [6.45, 7) is 0. The smallest absolute Gasteiger partial charge is 0.262 e. The van der Waals surface area contributed by atoms with E-state index < -0.39 is 6.04 Å². The van der Waals surface area contributed by atoms with Crippen LogP contribution in [0.25, 0.3) is 0 Å². The number of aromatic nitrogens is 2. The van der Waals surface area contributed by atoms with E-state index >= 15 is 0 Å². The van der Waals surface area contributed by atoms with E-state index in [1.807, 2.05) is 42.1 Å². The second-order valence-corrected chi connectivity index (χ2v) is 6.90. The number of thiophene rings is 1. The molecule has 0 aliphatic heterocycles. The van der Waals surface area contributed by atoms with Gasteiger partial charge in [-0.15, -0.1) is 11.3 Å². The van der Waals surface area contributed by atoms with E-state index in [-0.39, 0.29) is 5.91 Å². The first-order valence-corrected chi connectivity index (χ1v) is 8.45. The topological polar surface area (TPSA) is 56.1 Å². The van der Waals surface area contributed by atoms with E-state index in [0.29, 0.717) is 9.21 Å². The molecule has 2 heterocycles. The number of benzene rings is 1. The standard InChI is InChI=1S/C17H16ClN3O2S/c1-21-9-8-19-16(21)15(11-4-3-5-12(10-11)23-2)20-17(22)13-6-7-14(18)24-13/h3-10,15H,1-2H3,(H,20,22). The van der Waals surface area contributed by atoms with Crippen LogP contribution < -0.4 is 10.1 Å². The van der Waals surface area contributed by atoms with Crippen LogP contribution in [0, 0.1) is 0 Å². The Bertz CT molecular complexity index is 859. The van der Waals surface area contributed by atoms with E-state index in [2.05, 4.69) is 10.3 Å². The van der Waals surface area contributed by atoms with Crippen LogP contribution in [0.3, 0.4) is 0 Å². The maximum atomic E-state index is 12.6. The number of halogens is 1. The van der Waals surface area contributed by atoms with Gasteiger partial charge in [0.05, 0.1) is 16.3 Å². The third-order valence-electron chi connectivity index (χ3n) is 3.62. The fourth-order valence-electron chi connectivity index (χ4n) is 2.41. The molecule has 7 heteroatoms. The Balaban J connectivity index is 1.96. The van der Waals surface area contributed by atoms with Crippen molar-refractivity contribution >= 4 is 28.8 Å². The Kier molecular flexibility index (Phi) is 4.87. The van der Waals surface area contributed by atoms with Gasteiger partial charge in [0.25, 0.3) is 5.91 Å². The van der Waals surface area contributed by atoms with Crippen molar-refractivity contribution in [2.45, 2.75) is 6.04 Å².